The molecule has 0 atom stereocenters. The van der Waals surface area contributed by atoms with Gasteiger partial charge in [-0.15, -0.1) is 0 Å². The molecule has 88 valence electrons. The van der Waals surface area contributed by atoms with Crippen LogP contribution in [0, 0.1) is 0 Å². The van der Waals surface area contributed by atoms with E-state index < -0.39 is 0 Å². The normalized spacial score (nSPS) is 10.2. The van der Waals surface area contributed by atoms with Crippen LogP contribution >= 0.6 is 31.9 Å². The molecular formula is C10H12Br2N2O2. The third-order valence-corrected chi connectivity index (χ3v) is 2.85. The van der Waals surface area contributed by atoms with Crippen LogP contribution in [0.4, 0.5) is 5.69 Å². The van der Waals surface area contributed by atoms with E-state index in [2.05, 4.69) is 37.2 Å². The molecule has 0 aliphatic carbocycles. The van der Waals surface area contributed by atoms with Crippen LogP contribution in [0.1, 0.15) is 0 Å². The minimum absolute atomic E-state index is 0.0136. The minimum atomic E-state index is -0.198. The van der Waals surface area contributed by atoms with Gasteiger partial charge in [0.1, 0.15) is 6.61 Å². The fourth-order valence-electron chi connectivity index (χ4n) is 1.03. The van der Waals surface area contributed by atoms with Gasteiger partial charge in [-0.25, -0.2) is 0 Å². The first-order chi connectivity index (χ1) is 7.63. The van der Waals surface area contributed by atoms with Crippen LogP contribution < -0.4 is 11.1 Å². The Kier molecular flexibility index (Phi) is 5.97. The van der Waals surface area contributed by atoms with Gasteiger partial charge in [0.2, 0.25) is 5.91 Å². The zero-order valence-electron chi connectivity index (χ0n) is 8.50. The maximum atomic E-state index is 11.4. The van der Waals surface area contributed by atoms with Gasteiger partial charge in [-0.05, 0) is 34.1 Å². The van der Waals surface area contributed by atoms with Crippen molar-refractivity contribution < 1.29 is 9.53 Å². The van der Waals surface area contributed by atoms with Gasteiger partial charge in [0, 0.05) is 15.5 Å². The van der Waals surface area contributed by atoms with Gasteiger partial charge in [-0.3, -0.25) is 4.79 Å². The second-order valence-electron chi connectivity index (χ2n) is 3.01. The molecule has 16 heavy (non-hydrogen) atoms. The average molecular weight is 352 g/mol. The van der Waals surface area contributed by atoms with E-state index >= 15 is 0 Å². The smallest absolute Gasteiger partial charge is 0.250 e. The Hall–Kier alpha value is -0.430. The number of nitrogens with one attached hydrogen (secondary N) is 1. The molecule has 1 aromatic carbocycles. The van der Waals surface area contributed by atoms with E-state index in [4.69, 9.17) is 10.5 Å². The van der Waals surface area contributed by atoms with Crippen molar-refractivity contribution in [2.24, 2.45) is 5.73 Å². The Morgan fingerprint density at radius 1 is 1.44 bits per heavy atom. The number of amides is 1. The van der Waals surface area contributed by atoms with E-state index in [0.29, 0.717) is 18.8 Å². The highest BCUT2D eigenvalue weighted by molar-refractivity contribution is 9.11. The van der Waals surface area contributed by atoms with Crippen molar-refractivity contribution in [3.05, 3.63) is 27.1 Å². The molecule has 0 saturated carbocycles. The predicted octanol–water partition coefficient (Wildman–Crippen LogP) is 2.13. The molecule has 0 aromatic heterocycles. The maximum absolute atomic E-state index is 11.4. The Morgan fingerprint density at radius 3 is 2.81 bits per heavy atom. The van der Waals surface area contributed by atoms with Gasteiger partial charge in [-0.1, -0.05) is 15.9 Å². The zero-order valence-corrected chi connectivity index (χ0v) is 11.7. The molecular weight excluding hydrogens is 340 g/mol. The summed E-state index contributed by atoms with van der Waals surface area (Å²) in [6.45, 7) is 0.809. The molecule has 0 heterocycles. The molecule has 0 saturated heterocycles. The van der Waals surface area contributed by atoms with Crippen LogP contribution in [0.5, 0.6) is 0 Å². The Bertz CT molecular complexity index is 372. The molecule has 0 aliphatic heterocycles. The summed E-state index contributed by atoms with van der Waals surface area (Å²) in [5, 5.41) is 2.72. The minimum Gasteiger partial charge on any atom is -0.370 e. The lowest BCUT2D eigenvalue weighted by Crippen LogP contribution is -2.20. The highest BCUT2D eigenvalue weighted by Crippen LogP contribution is 2.25. The summed E-state index contributed by atoms with van der Waals surface area (Å²) in [6, 6.07) is 5.51. The number of hydrogen-bond donors (Lipinski definition) is 2. The lowest BCUT2D eigenvalue weighted by atomic mass is 10.3. The van der Waals surface area contributed by atoms with Crippen molar-refractivity contribution in [3.63, 3.8) is 0 Å². The topological polar surface area (TPSA) is 64.3 Å². The van der Waals surface area contributed by atoms with Gasteiger partial charge < -0.3 is 15.8 Å². The lowest BCUT2D eigenvalue weighted by Gasteiger charge is -2.07. The summed E-state index contributed by atoms with van der Waals surface area (Å²) >= 11 is 6.68. The molecule has 6 heteroatoms. The molecule has 4 nitrogen and oxygen atoms in total. The van der Waals surface area contributed by atoms with Crippen LogP contribution in [-0.2, 0) is 9.53 Å². The quantitative estimate of drug-likeness (QED) is 0.798. The van der Waals surface area contributed by atoms with E-state index in [1.165, 1.54) is 0 Å². The van der Waals surface area contributed by atoms with Crippen molar-refractivity contribution in [1.29, 1.82) is 0 Å². The molecule has 1 rings (SSSR count). The van der Waals surface area contributed by atoms with E-state index in [1.54, 1.807) is 6.07 Å². The van der Waals surface area contributed by atoms with Gasteiger partial charge >= 0.3 is 0 Å². The molecule has 0 fully saturated rings. The monoisotopic (exact) mass is 350 g/mol. The second kappa shape index (κ2) is 7.01. The van der Waals surface area contributed by atoms with Crippen LogP contribution in [0.3, 0.4) is 0 Å². The third-order valence-electron chi connectivity index (χ3n) is 1.70. The number of halogens is 2. The number of carbonyl (C=O) groups is 1. The lowest BCUT2D eigenvalue weighted by molar-refractivity contribution is -0.120. The summed E-state index contributed by atoms with van der Waals surface area (Å²) in [7, 11) is 0. The van der Waals surface area contributed by atoms with Crippen LogP contribution in [0.2, 0.25) is 0 Å². The van der Waals surface area contributed by atoms with Crippen molar-refractivity contribution in [3.8, 4) is 0 Å². The van der Waals surface area contributed by atoms with Crippen LogP contribution in [0.15, 0.2) is 27.1 Å². The number of ether oxygens (including phenoxy) is 1. The number of anilines is 1. The summed E-state index contributed by atoms with van der Waals surface area (Å²) in [4.78, 5) is 11.4. The fourth-order valence-corrected chi connectivity index (χ4v) is 2.17. The van der Waals surface area contributed by atoms with Gasteiger partial charge in [0.05, 0.1) is 12.3 Å². The summed E-state index contributed by atoms with van der Waals surface area (Å²) in [5.41, 5.74) is 5.95. The van der Waals surface area contributed by atoms with Crippen LogP contribution in [0.25, 0.3) is 0 Å². The van der Waals surface area contributed by atoms with Crippen molar-refractivity contribution in [2.45, 2.75) is 0 Å². The standard InChI is InChI=1S/C10H12Br2N2O2/c11-7-1-2-9(8(12)5-7)14-10(15)6-16-4-3-13/h1-2,5H,3-4,6,13H2,(H,14,15). The molecule has 0 unspecified atom stereocenters. The first-order valence-corrected chi connectivity index (χ1v) is 6.25. The number of rotatable bonds is 5. The summed E-state index contributed by atoms with van der Waals surface area (Å²) in [6.07, 6.45) is 0. The Labute approximate surface area is 111 Å². The van der Waals surface area contributed by atoms with Crippen LogP contribution in [-0.4, -0.2) is 25.7 Å². The van der Waals surface area contributed by atoms with Crippen molar-refractivity contribution >= 4 is 43.5 Å². The van der Waals surface area contributed by atoms with Gasteiger partial charge in [0.15, 0.2) is 0 Å². The Morgan fingerprint density at radius 2 is 2.19 bits per heavy atom. The molecule has 1 amide bonds. The van der Waals surface area contributed by atoms with Gasteiger partial charge in [-0.2, -0.15) is 0 Å². The molecule has 1 aromatic rings. The fraction of sp³-hybridized carbons (Fsp3) is 0.300. The van der Waals surface area contributed by atoms with Gasteiger partial charge in [0.25, 0.3) is 0 Å². The molecule has 0 bridgehead atoms. The number of nitrogens with two attached hydrogens (primary N) is 1. The van der Waals surface area contributed by atoms with E-state index in [9.17, 15) is 4.79 Å². The second-order valence-corrected chi connectivity index (χ2v) is 4.78. The largest absolute Gasteiger partial charge is 0.370 e. The highest BCUT2D eigenvalue weighted by Gasteiger charge is 2.05. The average Bonchev–Trinajstić information content (AvgIpc) is 2.23. The Balaban J connectivity index is 2.49. The molecule has 0 aliphatic rings. The molecule has 0 spiro atoms. The first-order valence-electron chi connectivity index (χ1n) is 4.66. The van der Waals surface area contributed by atoms with Crippen molar-refractivity contribution in [1.82, 2.24) is 0 Å². The van der Waals surface area contributed by atoms with E-state index in [0.717, 1.165) is 8.95 Å². The molecule has 0 radical (unpaired) electrons. The van der Waals surface area contributed by atoms with E-state index in [-0.39, 0.29) is 12.5 Å². The first kappa shape index (κ1) is 13.6. The third kappa shape index (κ3) is 4.61. The number of hydrogen-bond acceptors (Lipinski definition) is 3. The van der Waals surface area contributed by atoms with E-state index in [1.807, 2.05) is 12.1 Å². The predicted molar refractivity (Wildman–Crippen MR) is 70.3 cm³/mol. The van der Waals surface area contributed by atoms with Crippen molar-refractivity contribution in [2.75, 3.05) is 25.1 Å². The zero-order chi connectivity index (χ0) is 12.0. The number of benzene rings is 1. The highest BCUT2D eigenvalue weighted by atomic mass is 79.9. The maximum Gasteiger partial charge on any atom is 0.250 e. The number of carbonyl (C=O) groups excluding carboxylic acids is 1. The molecule has 3 N–H and O–H groups in total. The SMILES string of the molecule is NCCOCC(=O)Nc1ccc(Br)cc1Br. The summed E-state index contributed by atoms with van der Waals surface area (Å²) in [5.74, 6) is -0.198. The summed E-state index contributed by atoms with van der Waals surface area (Å²) < 4.78 is 6.77.